The zero-order valence-electron chi connectivity index (χ0n) is 16.1. The number of aromatic nitrogens is 1. The van der Waals surface area contributed by atoms with E-state index >= 15 is 0 Å². The van der Waals surface area contributed by atoms with Gasteiger partial charge in [0.25, 0.3) is 5.91 Å². The first-order chi connectivity index (χ1) is 14.6. The molecule has 2 N–H and O–H groups in total. The Morgan fingerprint density at radius 3 is 2.57 bits per heavy atom. The zero-order chi connectivity index (χ0) is 20.9. The highest BCUT2D eigenvalue weighted by Gasteiger charge is 2.09. The fourth-order valence-electron chi connectivity index (χ4n) is 2.85. The minimum absolute atomic E-state index is 0.300. The van der Waals surface area contributed by atoms with Gasteiger partial charge in [0.2, 0.25) is 0 Å². The van der Waals surface area contributed by atoms with Crippen LogP contribution in [0.1, 0.15) is 10.4 Å². The van der Waals surface area contributed by atoms with E-state index in [0.29, 0.717) is 11.3 Å². The summed E-state index contributed by atoms with van der Waals surface area (Å²) in [6.07, 6.45) is 0. The van der Waals surface area contributed by atoms with E-state index in [0.717, 1.165) is 27.8 Å². The van der Waals surface area contributed by atoms with Crippen LogP contribution in [-0.2, 0) is 0 Å². The van der Waals surface area contributed by atoms with Gasteiger partial charge in [-0.3, -0.25) is 4.79 Å². The van der Waals surface area contributed by atoms with Gasteiger partial charge in [-0.15, -0.1) is 11.3 Å². The Hall–Kier alpha value is -3.71. The van der Waals surface area contributed by atoms with Crippen molar-refractivity contribution in [2.45, 2.75) is 0 Å². The molecule has 0 saturated carbocycles. The number of hydrogen-bond donors (Lipinski definition) is 2. The molecule has 150 valence electrons. The van der Waals surface area contributed by atoms with Crippen LogP contribution in [0.15, 0.2) is 78.2 Å². The predicted molar refractivity (Wildman–Crippen MR) is 118 cm³/mol. The van der Waals surface area contributed by atoms with Gasteiger partial charge < -0.3 is 15.4 Å². The van der Waals surface area contributed by atoms with Crippen molar-refractivity contribution < 1.29 is 13.9 Å². The molecular weight excluding hydrogens is 401 g/mol. The zero-order valence-corrected chi connectivity index (χ0v) is 16.9. The molecule has 0 spiro atoms. The second-order valence-electron chi connectivity index (χ2n) is 6.44. The third-order valence-electron chi connectivity index (χ3n) is 4.35. The molecule has 30 heavy (non-hydrogen) atoms. The summed E-state index contributed by atoms with van der Waals surface area (Å²) in [5, 5.41) is 8.80. The standard InChI is InChI=1S/C23H18FN3O2S/c1-29-20-7-3-6-19(13-20)26-23-27-21(14-30-23)16-4-2-5-18(12-16)25-22(28)15-8-10-17(24)11-9-15/h2-14H,1H3,(H,25,28)(H,26,27). The lowest BCUT2D eigenvalue weighted by Crippen LogP contribution is -2.11. The normalized spacial score (nSPS) is 10.5. The van der Waals surface area contributed by atoms with Gasteiger partial charge in [-0.25, -0.2) is 9.37 Å². The number of carbonyl (C=O) groups excluding carboxylic acids is 1. The van der Waals surface area contributed by atoms with Crippen LogP contribution in [0, 0.1) is 5.82 Å². The van der Waals surface area contributed by atoms with Crippen LogP contribution in [0.25, 0.3) is 11.3 Å². The van der Waals surface area contributed by atoms with E-state index in [1.54, 1.807) is 13.2 Å². The van der Waals surface area contributed by atoms with Gasteiger partial charge in [0.15, 0.2) is 5.13 Å². The van der Waals surface area contributed by atoms with Crippen molar-refractivity contribution in [1.82, 2.24) is 4.98 Å². The van der Waals surface area contributed by atoms with Gasteiger partial charge >= 0.3 is 0 Å². The highest BCUT2D eigenvalue weighted by atomic mass is 32.1. The molecule has 1 heterocycles. The summed E-state index contributed by atoms with van der Waals surface area (Å²) in [6, 6.07) is 20.5. The largest absolute Gasteiger partial charge is 0.497 e. The lowest BCUT2D eigenvalue weighted by molar-refractivity contribution is 0.102. The van der Waals surface area contributed by atoms with Crippen molar-refractivity contribution in [3.8, 4) is 17.0 Å². The number of methoxy groups -OCH3 is 1. The van der Waals surface area contributed by atoms with Gasteiger partial charge in [-0.05, 0) is 48.5 Å². The first-order valence-corrected chi connectivity index (χ1v) is 10.0. The summed E-state index contributed by atoms with van der Waals surface area (Å²) in [7, 11) is 1.63. The molecule has 0 unspecified atom stereocenters. The van der Waals surface area contributed by atoms with Crippen molar-refractivity contribution in [3.05, 3.63) is 89.6 Å². The van der Waals surface area contributed by atoms with E-state index in [1.165, 1.54) is 35.6 Å². The number of benzene rings is 3. The Labute approximate surface area is 177 Å². The number of nitrogens with zero attached hydrogens (tertiary/aromatic N) is 1. The number of hydrogen-bond acceptors (Lipinski definition) is 5. The van der Waals surface area contributed by atoms with E-state index in [9.17, 15) is 9.18 Å². The summed E-state index contributed by atoms with van der Waals surface area (Å²) in [5.74, 6) is 0.0858. The molecule has 5 nitrogen and oxygen atoms in total. The minimum Gasteiger partial charge on any atom is -0.497 e. The first kappa shape index (κ1) is 19.6. The minimum atomic E-state index is -0.379. The molecule has 3 aromatic carbocycles. The number of carbonyl (C=O) groups is 1. The summed E-state index contributed by atoms with van der Waals surface area (Å²) < 4.78 is 18.3. The Morgan fingerprint density at radius 1 is 1.00 bits per heavy atom. The number of amides is 1. The summed E-state index contributed by atoms with van der Waals surface area (Å²) in [6.45, 7) is 0. The summed E-state index contributed by atoms with van der Waals surface area (Å²) >= 11 is 1.48. The van der Waals surface area contributed by atoms with Crippen LogP contribution in [0.4, 0.5) is 20.9 Å². The van der Waals surface area contributed by atoms with Gasteiger partial charge in [0, 0.05) is 33.9 Å². The second kappa shape index (κ2) is 8.75. The van der Waals surface area contributed by atoms with E-state index in [4.69, 9.17) is 4.74 Å². The average Bonchev–Trinajstić information content (AvgIpc) is 3.23. The molecule has 0 saturated heterocycles. The molecule has 0 bridgehead atoms. The van der Waals surface area contributed by atoms with Crippen LogP contribution in [0.3, 0.4) is 0 Å². The number of anilines is 3. The number of rotatable bonds is 6. The number of ether oxygens (including phenoxy) is 1. The maximum atomic E-state index is 13.0. The van der Waals surface area contributed by atoms with Crippen LogP contribution in [0.5, 0.6) is 5.75 Å². The molecule has 1 amide bonds. The third-order valence-corrected chi connectivity index (χ3v) is 5.11. The van der Waals surface area contributed by atoms with E-state index in [-0.39, 0.29) is 11.7 Å². The first-order valence-electron chi connectivity index (χ1n) is 9.15. The SMILES string of the molecule is COc1cccc(Nc2nc(-c3cccc(NC(=O)c4ccc(F)cc4)c3)cs2)c1. The molecule has 1 aromatic heterocycles. The maximum Gasteiger partial charge on any atom is 0.255 e. The van der Waals surface area contributed by atoms with E-state index in [1.807, 2.05) is 47.8 Å². The van der Waals surface area contributed by atoms with Crippen LogP contribution >= 0.6 is 11.3 Å². The van der Waals surface area contributed by atoms with Crippen LogP contribution in [-0.4, -0.2) is 18.0 Å². The fourth-order valence-corrected chi connectivity index (χ4v) is 3.59. The quantitative estimate of drug-likeness (QED) is 0.405. The lowest BCUT2D eigenvalue weighted by atomic mass is 10.1. The maximum absolute atomic E-state index is 13.0. The molecule has 7 heteroatoms. The molecule has 0 aliphatic rings. The molecule has 0 radical (unpaired) electrons. The Morgan fingerprint density at radius 2 is 1.77 bits per heavy atom. The number of nitrogens with one attached hydrogen (secondary N) is 2. The topological polar surface area (TPSA) is 63.2 Å². The number of halogens is 1. The van der Waals surface area contributed by atoms with Gasteiger partial charge in [0.1, 0.15) is 11.6 Å². The predicted octanol–water partition coefficient (Wildman–Crippen LogP) is 5.95. The second-order valence-corrected chi connectivity index (χ2v) is 7.29. The average molecular weight is 419 g/mol. The van der Waals surface area contributed by atoms with E-state index in [2.05, 4.69) is 15.6 Å². The van der Waals surface area contributed by atoms with Gasteiger partial charge in [0.05, 0.1) is 12.8 Å². The Balaban J connectivity index is 1.48. The molecule has 4 rings (SSSR count). The van der Waals surface area contributed by atoms with Crippen molar-refractivity contribution in [3.63, 3.8) is 0 Å². The van der Waals surface area contributed by atoms with Crippen LogP contribution < -0.4 is 15.4 Å². The molecule has 0 aliphatic heterocycles. The molecular formula is C23H18FN3O2S. The third kappa shape index (κ3) is 4.64. The summed E-state index contributed by atoms with van der Waals surface area (Å²) in [4.78, 5) is 17.0. The van der Waals surface area contributed by atoms with Crippen molar-refractivity contribution in [2.24, 2.45) is 0 Å². The fraction of sp³-hybridized carbons (Fsp3) is 0.0435. The van der Waals surface area contributed by atoms with Crippen LogP contribution in [0.2, 0.25) is 0 Å². The summed E-state index contributed by atoms with van der Waals surface area (Å²) in [5.41, 5.74) is 3.58. The number of thiazole rings is 1. The van der Waals surface area contributed by atoms with Crippen molar-refractivity contribution in [1.29, 1.82) is 0 Å². The highest BCUT2D eigenvalue weighted by molar-refractivity contribution is 7.14. The Kier molecular flexibility index (Phi) is 5.72. The van der Waals surface area contributed by atoms with Crippen molar-refractivity contribution in [2.75, 3.05) is 17.7 Å². The molecule has 0 fully saturated rings. The highest BCUT2D eigenvalue weighted by Crippen LogP contribution is 2.29. The molecule has 0 atom stereocenters. The lowest BCUT2D eigenvalue weighted by Gasteiger charge is -2.07. The molecule has 0 aliphatic carbocycles. The molecule has 4 aromatic rings. The van der Waals surface area contributed by atoms with Gasteiger partial charge in [-0.1, -0.05) is 18.2 Å². The monoisotopic (exact) mass is 419 g/mol. The Bertz CT molecular complexity index is 1180. The van der Waals surface area contributed by atoms with Gasteiger partial charge in [-0.2, -0.15) is 0 Å². The van der Waals surface area contributed by atoms with Crippen molar-refractivity contribution >= 4 is 33.8 Å². The van der Waals surface area contributed by atoms with E-state index < -0.39 is 0 Å². The smallest absolute Gasteiger partial charge is 0.255 e.